The summed E-state index contributed by atoms with van der Waals surface area (Å²) in [5.41, 5.74) is 0.160. The minimum absolute atomic E-state index is 0.188. The smallest absolute Gasteiger partial charge is 0.331 e. The number of carbonyl (C=O) groups is 1. The van der Waals surface area contributed by atoms with E-state index in [9.17, 15) is 4.79 Å². The Labute approximate surface area is 126 Å². The van der Waals surface area contributed by atoms with Crippen molar-refractivity contribution in [1.29, 1.82) is 0 Å². The van der Waals surface area contributed by atoms with Gasteiger partial charge in [0.2, 0.25) is 0 Å². The lowest BCUT2D eigenvalue weighted by Crippen LogP contribution is -2.56. The van der Waals surface area contributed by atoms with Crippen LogP contribution in [0, 0.1) is 11.8 Å². The first-order valence-electron chi connectivity index (χ1n) is 7.54. The maximum Gasteiger partial charge on any atom is 0.331 e. The molecule has 1 fully saturated rings. The number of benzene rings is 1. The van der Waals surface area contributed by atoms with E-state index in [1.54, 1.807) is 7.11 Å². The number of hydrogen-bond donors (Lipinski definition) is 1. The molecule has 4 nitrogen and oxygen atoms in total. The average molecular weight is 291 g/mol. The fourth-order valence-electron chi connectivity index (χ4n) is 3.35. The van der Waals surface area contributed by atoms with Gasteiger partial charge in [-0.25, -0.2) is 4.79 Å². The molecule has 0 saturated heterocycles. The van der Waals surface area contributed by atoms with Gasteiger partial charge in [-0.05, 0) is 30.4 Å². The Bertz CT molecular complexity index is 503. The summed E-state index contributed by atoms with van der Waals surface area (Å²) >= 11 is 0. The maximum atomic E-state index is 12.5. The van der Waals surface area contributed by atoms with Crippen molar-refractivity contribution in [3.05, 3.63) is 24.3 Å². The molecule has 1 N–H and O–H groups in total. The monoisotopic (exact) mass is 291 g/mol. The maximum absolute atomic E-state index is 12.5. The number of rotatable bonds is 4. The number of methoxy groups -OCH3 is 2. The number of hydrogen-bond acceptors (Lipinski definition) is 4. The molecule has 1 aliphatic carbocycles. The average Bonchev–Trinajstić information content (AvgIpc) is 2.51. The second-order valence-electron chi connectivity index (χ2n) is 5.95. The molecule has 4 heteroatoms. The highest BCUT2D eigenvalue weighted by Crippen LogP contribution is 2.42. The van der Waals surface area contributed by atoms with E-state index in [4.69, 9.17) is 9.47 Å². The van der Waals surface area contributed by atoms with Crippen molar-refractivity contribution in [3.63, 3.8) is 0 Å². The standard InChI is InChI=1S/C17H25NO3/c1-12-8-7-11-17(13(12)2,16(19)21-4)18-14-9-5-6-10-15(14)20-3/h5-6,9-10,12-13,18H,7-8,11H2,1-4H3. The van der Waals surface area contributed by atoms with Crippen molar-refractivity contribution in [2.45, 2.75) is 38.6 Å². The number of ether oxygens (including phenoxy) is 2. The van der Waals surface area contributed by atoms with Gasteiger partial charge in [0.25, 0.3) is 0 Å². The number of nitrogens with one attached hydrogen (secondary N) is 1. The van der Waals surface area contributed by atoms with E-state index in [0.29, 0.717) is 5.92 Å². The van der Waals surface area contributed by atoms with Gasteiger partial charge in [0.15, 0.2) is 0 Å². The topological polar surface area (TPSA) is 47.6 Å². The Hall–Kier alpha value is -1.71. The molecule has 21 heavy (non-hydrogen) atoms. The molecule has 3 unspecified atom stereocenters. The second kappa shape index (κ2) is 6.37. The highest BCUT2D eigenvalue weighted by molar-refractivity contribution is 5.86. The van der Waals surface area contributed by atoms with Crippen LogP contribution >= 0.6 is 0 Å². The molecule has 0 bridgehead atoms. The normalized spacial score (nSPS) is 28.8. The first-order chi connectivity index (χ1) is 10.0. The van der Waals surface area contributed by atoms with Crippen molar-refractivity contribution >= 4 is 11.7 Å². The van der Waals surface area contributed by atoms with E-state index >= 15 is 0 Å². The van der Waals surface area contributed by atoms with Gasteiger partial charge in [-0.2, -0.15) is 0 Å². The van der Waals surface area contributed by atoms with Crippen LogP contribution < -0.4 is 10.1 Å². The third kappa shape index (κ3) is 2.85. The number of carbonyl (C=O) groups excluding carboxylic acids is 1. The third-order valence-electron chi connectivity index (χ3n) is 4.88. The van der Waals surface area contributed by atoms with Crippen molar-refractivity contribution < 1.29 is 14.3 Å². The van der Waals surface area contributed by atoms with Gasteiger partial charge < -0.3 is 14.8 Å². The molecule has 1 aromatic carbocycles. The van der Waals surface area contributed by atoms with E-state index in [0.717, 1.165) is 30.7 Å². The fraction of sp³-hybridized carbons (Fsp3) is 0.588. The van der Waals surface area contributed by atoms with Gasteiger partial charge in [-0.15, -0.1) is 0 Å². The molecule has 0 heterocycles. The summed E-state index contributed by atoms with van der Waals surface area (Å²) in [4.78, 5) is 12.5. The van der Waals surface area contributed by atoms with Crippen LogP contribution in [0.5, 0.6) is 5.75 Å². The summed E-state index contributed by atoms with van der Waals surface area (Å²) in [6.45, 7) is 4.33. The molecular formula is C17H25NO3. The first kappa shape index (κ1) is 15.7. The van der Waals surface area contributed by atoms with Gasteiger partial charge in [-0.1, -0.05) is 38.8 Å². The fourth-order valence-corrected chi connectivity index (χ4v) is 3.35. The Morgan fingerprint density at radius 2 is 2.00 bits per heavy atom. The van der Waals surface area contributed by atoms with Crippen LogP contribution in [0.3, 0.4) is 0 Å². The van der Waals surface area contributed by atoms with Crippen LogP contribution in [-0.2, 0) is 9.53 Å². The summed E-state index contributed by atoms with van der Waals surface area (Å²) < 4.78 is 10.5. The molecule has 0 aromatic heterocycles. The molecule has 1 saturated carbocycles. The predicted octanol–water partition coefficient (Wildman–Crippen LogP) is 3.48. The van der Waals surface area contributed by atoms with Gasteiger partial charge in [0.1, 0.15) is 11.3 Å². The molecule has 0 aliphatic heterocycles. The van der Waals surface area contributed by atoms with Crippen molar-refractivity contribution in [2.75, 3.05) is 19.5 Å². The summed E-state index contributed by atoms with van der Waals surface area (Å²) in [5, 5.41) is 3.45. The second-order valence-corrected chi connectivity index (χ2v) is 5.95. The van der Waals surface area contributed by atoms with Crippen molar-refractivity contribution in [3.8, 4) is 5.75 Å². The summed E-state index contributed by atoms with van der Waals surface area (Å²) in [7, 11) is 3.10. The Kier molecular flexibility index (Phi) is 4.76. The van der Waals surface area contributed by atoms with E-state index in [2.05, 4.69) is 19.2 Å². The van der Waals surface area contributed by atoms with E-state index < -0.39 is 5.54 Å². The number of para-hydroxylation sites is 2. The molecule has 0 radical (unpaired) electrons. The van der Waals surface area contributed by atoms with Crippen LogP contribution in [0.4, 0.5) is 5.69 Å². The molecule has 0 amide bonds. The quantitative estimate of drug-likeness (QED) is 0.863. The van der Waals surface area contributed by atoms with Crippen LogP contribution in [-0.4, -0.2) is 25.7 Å². The number of esters is 1. The minimum Gasteiger partial charge on any atom is -0.495 e. The summed E-state index contributed by atoms with van der Waals surface area (Å²) in [5.74, 6) is 1.22. The van der Waals surface area contributed by atoms with Gasteiger partial charge >= 0.3 is 5.97 Å². The molecule has 3 atom stereocenters. The van der Waals surface area contributed by atoms with E-state index in [1.807, 2.05) is 24.3 Å². The largest absolute Gasteiger partial charge is 0.495 e. The van der Waals surface area contributed by atoms with Crippen molar-refractivity contribution in [2.24, 2.45) is 11.8 Å². The molecular weight excluding hydrogens is 266 g/mol. The molecule has 1 aliphatic rings. The zero-order valence-corrected chi connectivity index (χ0v) is 13.3. The lowest BCUT2D eigenvalue weighted by atomic mass is 9.68. The van der Waals surface area contributed by atoms with Crippen LogP contribution in [0.2, 0.25) is 0 Å². The van der Waals surface area contributed by atoms with Gasteiger partial charge in [-0.3, -0.25) is 0 Å². The zero-order valence-electron chi connectivity index (χ0n) is 13.3. The SMILES string of the molecule is COC(=O)C1(Nc2ccccc2OC)CCCC(C)C1C. The Morgan fingerprint density at radius 3 is 2.67 bits per heavy atom. The lowest BCUT2D eigenvalue weighted by molar-refractivity contribution is -0.150. The molecule has 116 valence electrons. The summed E-state index contributed by atoms with van der Waals surface area (Å²) in [6, 6.07) is 7.69. The zero-order chi connectivity index (χ0) is 15.5. The van der Waals surface area contributed by atoms with Crippen LogP contribution in [0.1, 0.15) is 33.1 Å². The lowest BCUT2D eigenvalue weighted by Gasteiger charge is -2.44. The van der Waals surface area contributed by atoms with Crippen molar-refractivity contribution in [1.82, 2.24) is 0 Å². The molecule has 2 rings (SSSR count). The Balaban J connectivity index is 2.39. The Morgan fingerprint density at radius 1 is 1.29 bits per heavy atom. The predicted molar refractivity (Wildman–Crippen MR) is 83.5 cm³/mol. The first-order valence-corrected chi connectivity index (χ1v) is 7.54. The van der Waals surface area contributed by atoms with E-state index in [-0.39, 0.29) is 11.9 Å². The molecule has 1 aromatic rings. The van der Waals surface area contributed by atoms with Gasteiger partial charge in [0, 0.05) is 0 Å². The molecule has 0 spiro atoms. The summed E-state index contributed by atoms with van der Waals surface area (Å²) in [6.07, 6.45) is 2.94. The third-order valence-corrected chi connectivity index (χ3v) is 4.88. The highest BCUT2D eigenvalue weighted by Gasteiger charge is 2.48. The number of anilines is 1. The minimum atomic E-state index is -0.680. The van der Waals surface area contributed by atoms with Crippen LogP contribution in [0.15, 0.2) is 24.3 Å². The van der Waals surface area contributed by atoms with Gasteiger partial charge in [0.05, 0.1) is 19.9 Å². The van der Waals surface area contributed by atoms with Crippen LogP contribution in [0.25, 0.3) is 0 Å². The highest BCUT2D eigenvalue weighted by atomic mass is 16.5. The van der Waals surface area contributed by atoms with E-state index in [1.165, 1.54) is 7.11 Å².